The summed E-state index contributed by atoms with van der Waals surface area (Å²) in [6.07, 6.45) is 4.75. The van der Waals surface area contributed by atoms with Crippen LogP contribution in [0.15, 0.2) is 24.3 Å². The summed E-state index contributed by atoms with van der Waals surface area (Å²) in [6.45, 7) is 9.94. The number of hydrogen-bond donors (Lipinski definition) is 1. The van der Waals surface area contributed by atoms with Crippen LogP contribution in [-0.2, 0) is 6.42 Å². The zero-order chi connectivity index (χ0) is 14.1. The molecule has 0 heterocycles. The van der Waals surface area contributed by atoms with E-state index in [2.05, 4.69) is 49.9 Å². The Morgan fingerprint density at radius 3 is 2.00 bits per heavy atom. The lowest BCUT2D eigenvalue weighted by molar-refractivity contribution is 0.258. The Hall–Kier alpha value is -0.860. The SMILES string of the molecule is CCCc1ccc(C(N)CN(CCC)CCC)cc1. The van der Waals surface area contributed by atoms with Gasteiger partial charge in [-0.15, -0.1) is 0 Å². The lowest BCUT2D eigenvalue weighted by atomic mass is 10.0. The number of rotatable bonds is 9. The summed E-state index contributed by atoms with van der Waals surface area (Å²) in [5.41, 5.74) is 9.01. The van der Waals surface area contributed by atoms with Gasteiger partial charge in [-0.2, -0.15) is 0 Å². The summed E-state index contributed by atoms with van der Waals surface area (Å²) in [5.74, 6) is 0. The van der Waals surface area contributed by atoms with Crippen LogP contribution in [-0.4, -0.2) is 24.5 Å². The predicted molar refractivity (Wildman–Crippen MR) is 84.4 cm³/mol. The second-order valence-electron chi connectivity index (χ2n) is 5.40. The Balaban J connectivity index is 2.57. The van der Waals surface area contributed by atoms with Gasteiger partial charge in [0.2, 0.25) is 0 Å². The lowest BCUT2D eigenvalue weighted by Gasteiger charge is -2.25. The van der Waals surface area contributed by atoms with Crippen LogP contribution in [0.5, 0.6) is 0 Å². The van der Waals surface area contributed by atoms with Gasteiger partial charge in [0.15, 0.2) is 0 Å². The van der Waals surface area contributed by atoms with Gasteiger partial charge >= 0.3 is 0 Å². The van der Waals surface area contributed by atoms with E-state index in [0.717, 1.165) is 26.1 Å². The summed E-state index contributed by atoms with van der Waals surface area (Å²) in [5, 5.41) is 0. The Morgan fingerprint density at radius 2 is 1.53 bits per heavy atom. The molecule has 0 radical (unpaired) electrons. The minimum atomic E-state index is 0.133. The highest BCUT2D eigenvalue weighted by atomic mass is 15.1. The van der Waals surface area contributed by atoms with E-state index in [-0.39, 0.29) is 6.04 Å². The van der Waals surface area contributed by atoms with E-state index >= 15 is 0 Å². The molecule has 0 aliphatic rings. The molecule has 0 bridgehead atoms. The molecule has 2 N–H and O–H groups in total. The molecule has 19 heavy (non-hydrogen) atoms. The Kier molecular flexibility index (Phi) is 7.76. The number of benzene rings is 1. The van der Waals surface area contributed by atoms with Gasteiger partial charge in [-0.05, 0) is 43.5 Å². The summed E-state index contributed by atoms with van der Waals surface area (Å²) in [7, 11) is 0. The third kappa shape index (κ3) is 5.75. The molecule has 108 valence electrons. The Labute approximate surface area is 119 Å². The van der Waals surface area contributed by atoms with Crippen molar-refractivity contribution in [3.05, 3.63) is 35.4 Å². The number of nitrogens with two attached hydrogens (primary N) is 1. The van der Waals surface area contributed by atoms with E-state index in [0.29, 0.717) is 0 Å². The third-order valence-electron chi connectivity index (χ3n) is 3.48. The highest BCUT2D eigenvalue weighted by molar-refractivity contribution is 5.25. The quantitative estimate of drug-likeness (QED) is 0.734. The topological polar surface area (TPSA) is 29.3 Å². The maximum absolute atomic E-state index is 6.34. The maximum atomic E-state index is 6.34. The number of hydrogen-bond acceptors (Lipinski definition) is 2. The van der Waals surface area contributed by atoms with Crippen LogP contribution in [0.25, 0.3) is 0 Å². The lowest BCUT2D eigenvalue weighted by Crippen LogP contribution is -2.33. The monoisotopic (exact) mass is 262 g/mol. The molecule has 0 aliphatic carbocycles. The molecule has 1 aromatic rings. The van der Waals surface area contributed by atoms with E-state index < -0.39 is 0 Å². The van der Waals surface area contributed by atoms with Crippen molar-refractivity contribution in [3.8, 4) is 0 Å². The molecular formula is C17H30N2. The Bertz CT molecular complexity index is 326. The molecule has 0 aromatic heterocycles. The molecule has 0 aliphatic heterocycles. The van der Waals surface area contributed by atoms with Crippen molar-refractivity contribution in [1.29, 1.82) is 0 Å². The fourth-order valence-corrected chi connectivity index (χ4v) is 2.53. The molecule has 0 saturated carbocycles. The van der Waals surface area contributed by atoms with E-state index in [1.807, 2.05) is 0 Å². The highest BCUT2D eigenvalue weighted by Crippen LogP contribution is 2.14. The maximum Gasteiger partial charge on any atom is 0.0424 e. The van der Waals surface area contributed by atoms with Crippen molar-refractivity contribution in [3.63, 3.8) is 0 Å². The first-order chi connectivity index (χ1) is 9.21. The standard InChI is InChI=1S/C17H30N2/c1-4-7-15-8-10-16(11-9-15)17(18)14-19(12-5-2)13-6-3/h8-11,17H,4-7,12-14,18H2,1-3H3. The van der Waals surface area contributed by atoms with Gasteiger partial charge in [-0.25, -0.2) is 0 Å². The van der Waals surface area contributed by atoms with Crippen molar-refractivity contribution in [1.82, 2.24) is 4.90 Å². The van der Waals surface area contributed by atoms with Gasteiger partial charge in [-0.3, -0.25) is 0 Å². The molecule has 2 heteroatoms. The van der Waals surface area contributed by atoms with Gasteiger partial charge in [0.25, 0.3) is 0 Å². The van der Waals surface area contributed by atoms with Crippen LogP contribution < -0.4 is 5.73 Å². The molecule has 0 saturated heterocycles. The first-order valence-electron chi connectivity index (χ1n) is 7.78. The van der Waals surface area contributed by atoms with E-state index in [9.17, 15) is 0 Å². The molecule has 1 rings (SSSR count). The van der Waals surface area contributed by atoms with Crippen molar-refractivity contribution in [2.75, 3.05) is 19.6 Å². The average Bonchev–Trinajstić information content (AvgIpc) is 2.40. The molecule has 1 unspecified atom stereocenters. The largest absolute Gasteiger partial charge is 0.323 e. The van der Waals surface area contributed by atoms with Crippen LogP contribution in [0.4, 0.5) is 0 Å². The van der Waals surface area contributed by atoms with Crippen LogP contribution >= 0.6 is 0 Å². The molecule has 0 amide bonds. The second kappa shape index (κ2) is 9.11. The zero-order valence-electron chi connectivity index (χ0n) is 12.9. The van der Waals surface area contributed by atoms with Gasteiger partial charge in [-0.1, -0.05) is 51.5 Å². The smallest absolute Gasteiger partial charge is 0.0424 e. The summed E-state index contributed by atoms with van der Waals surface area (Å²) in [6, 6.07) is 8.98. The second-order valence-corrected chi connectivity index (χ2v) is 5.40. The van der Waals surface area contributed by atoms with Gasteiger partial charge in [0.05, 0.1) is 0 Å². The number of nitrogens with zero attached hydrogens (tertiary/aromatic N) is 1. The minimum absolute atomic E-state index is 0.133. The summed E-state index contributed by atoms with van der Waals surface area (Å²) < 4.78 is 0. The van der Waals surface area contributed by atoms with Crippen LogP contribution in [0.1, 0.15) is 57.2 Å². The van der Waals surface area contributed by atoms with E-state index in [1.165, 1.54) is 30.4 Å². The van der Waals surface area contributed by atoms with Crippen molar-refractivity contribution < 1.29 is 0 Å². The first-order valence-corrected chi connectivity index (χ1v) is 7.78. The average molecular weight is 262 g/mol. The molecule has 0 spiro atoms. The van der Waals surface area contributed by atoms with Crippen LogP contribution in [0.3, 0.4) is 0 Å². The van der Waals surface area contributed by atoms with Crippen molar-refractivity contribution >= 4 is 0 Å². The summed E-state index contributed by atoms with van der Waals surface area (Å²) >= 11 is 0. The predicted octanol–water partition coefficient (Wildman–Crippen LogP) is 3.76. The zero-order valence-corrected chi connectivity index (χ0v) is 12.9. The fourth-order valence-electron chi connectivity index (χ4n) is 2.53. The Morgan fingerprint density at radius 1 is 0.947 bits per heavy atom. The fraction of sp³-hybridized carbons (Fsp3) is 0.647. The normalized spacial score (nSPS) is 12.9. The molecule has 2 nitrogen and oxygen atoms in total. The van der Waals surface area contributed by atoms with Gasteiger partial charge in [0.1, 0.15) is 0 Å². The van der Waals surface area contributed by atoms with E-state index in [1.54, 1.807) is 0 Å². The van der Waals surface area contributed by atoms with E-state index in [4.69, 9.17) is 5.73 Å². The third-order valence-corrected chi connectivity index (χ3v) is 3.48. The van der Waals surface area contributed by atoms with Crippen LogP contribution in [0.2, 0.25) is 0 Å². The highest BCUT2D eigenvalue weighted by Gasteiger charge is 2.11. The summed E-state index contributed by atoms with van der Waals surface area (Å²) in [4.78, 5) is 2.48. The molecular weight excluding hydrogens is 232 g/mol. The van der Waals surface area contributed by atoms with Gasteiger partial charge < -0.3 is 10.6 Å². The molecule has 0 fully saturated rings. The first kappa shape index (κ1) is 16.2. The van der Waals surface area contributed by atoms with Crippen molar-refractivity contribution in [2.45, 2.75) is 52.5 Å². The molecule has 1 aromatic carbocycles. The van der Waals surface area contributed by atoms with Crippen LogP contribution in [0, 0.1) is 0 Å². The van der Waals surface area contributed by atoms with Crippen molar-refractivity contribution in [2.24, 2.45) is 5.73 Å². The van der Waals surface area contributed by atoms with Gasteiger partial charge in [0, 0.05) is 12.6 Å². The molecule has 1 atom stereocenters. The minimum Gasteiger partial charge on any atom is -0.323 e. The number of aryl methyl sites for hydroxylation is 1.